The highest BCUT2D eigenvalue weighted by molar-refractivity contribution is 6.21. The van der Waals surface area contributed by atoms with E-state index >= 15 is 0 Å². The smallest absolute Gasteiger partial charge is 0.261 e. The van der Waals surface area contributed by atoms with E-state index in [1.807, 2.05) is 0 Å². The monoisotopic (exact) mass is 297 g/mol. The Morgan fingerprint density at radius 2 is 1.55 bits per heavy atom. The number of rotatable bonds is 4. The van der Waals surface area contributed by atoms with E-state index in [1.54, 1.807) is 48.5 Å². The summed E-state index contributed by atoms with van der Waals surface area (Å²) >= 11 is 0. The van der Waals surface area contributed by atoms with Crippen molar-refractivity contribution in [3.63, 3.8) is 0 Å². The second-order valence-electron chi connectivity index (χ2n) is 5.02. The Kier molecular flexibility index (Phi) is 3.65. The Bertz CT molecular complexity index is 706. The summed E-state index contributed by atoms with van der Waals surface area (Å²) in [4.78, 5) is 25.7. The number of benzene rings is 2. The van der Waals surface area contributed by atoms with Crippen molar-refractivity contribution in [2.24, 2.45) is 0 Å². The lowest BCUT2D eigenvalue weighted by Crippen LogP contribution is -2.34. The number of hydrogen-bond donors (Lipinski definition) is 1. The minimum atomic E-state index is -1.00. The number of methoxy groups -OCH3 is 1. The van der Waals surface area contributed by atoms with E-state index < -0.39 is 6.10 Å². The molecule has 22 heavy (non-hydrogen) atoms. The molecule has 3 rings (SSSR count). The van der Waals surface area contributed by atoms with E-state index in [-0.39, 0.29) is 18.4 Å². The summed E-state index contributed by atoms with van der Waals surface area (Å²) in [5.74, 6) is -0.240. The summed E-state index contributed by atoms with van der Waals surface area (Å²) < 4.78 is 5.20. The van der Waals surface area contributed by atoms with E-state index in [0.29, 0.717) is 22.4 Å². The lowest BCUT2D eigenvalue weighted by atomic mass is 10.1. The van der Waals surface area contributed by atoms with Crippen LogP contribution in [0.4, 0.5) is 0 Å². The molecule has 112 valence electrons. The maximum Gasteiger partial charge on any atom is 0.261 e. The average molecular weight is 297 g/mol. The molecule has 0 aromatic heterocycles. The Balaban J connectivity index is 1.85. The number of carbonyl (C=O) groups is 2. The van der Waals surface area contributed by atoms with E-state index in [0.717, 1.165) is 4.90 Å². The maximum atomic E-state index is 12.3. The number of imide groups is 1. The number of amides is 2. The highest BCUT2D eigenvalue weighted by Crippen LogP contribution is 2.28. The van der Waals surface area contributed by atoms with E-state index in [9.17, 15) is 14.7 Å². The third-order valence-electron chi connectivity index (χ3n) is 3.73. The predicted molar refractivity (Wildman–Crippen MR) is 79.8 cm³/mol. The fourth-order valence-corrected chi connectivity index (χ4v) is 2.62. The number of aliphatic hydroxyl groups is 1. The number of β-amino-alcohol motifs (C(OH)–C–C–N with tert-alkyl or cyclic N) is 1. The predicted octanol–water partition coefficient (Wildman–Crippen LogP) is 2.02. The van der Waals surface area contributed by atoms with Gasteiger partial charge in [-0.3, -0.25) is 14.5 Å². The number of hydrogen-bond acceptors (Lipinski definition) is 4. The Morgan fingerprint density at radius 3 is 2.14 bits per heavy atom. The second-order valence-corrected chi connectivity index (χ2v) is 5.02. The third-order valence-corrected chi connectivity index (χ3v) is 3.73. The molecule has 2 amide bonds. The first-order valence-corrected chi connectivity index (χ1v) is 6.89. The van der Waals surface area contributed by atoms with Gasteiger partial charge in [0.1, 0.15) is 11.9 Å². The highest BCUT2D eigenvalue weighted by atomic mass is 16.5. The van der Waals surface area contributed by atoms with Gasteiger partial charge in [0.2, 0.25) is 0 Å². The number of para-hydroxylation sites is 1. The number of ether oxygens (including phenoxy) is 1. The minimum absolute atomic E-state index is 0.104. The zero-order valence-corrected chi connectivity index (χ0v) is 12.0. The fraction of sp³-hybridized carbons (Fsp3) is 0.176. The maximum absolute atomic E-state index is 12.3. The molecule has 0 radical (unpaired) electrons. The van der Waals surface area contributed by atoms with Crippen LogP contribution in [0.5, 0.6) is 5.75 Å². The van der Waals surface area contributed by atoms with Crippen LogP contribution in [-0.2, 0) is 0 Å². The summed E-state index contributed by atoms with van der Waals surface area (Å²) in [6, 6.07) is 13.6. The van der Waals surface area contributed by atoms with Crippen LogP contribution in [0.1, 0.15) is 32.4 Å². The molecule has 1 heterocycles. The van der Waals surface area contributed by atoms with Gasteiger partial charge in [-0.1, -0.05) is 30.3 Å². The first-order valence-electron chi connectivity index (χ1n) is 6.89. The normalized spacial score (nSPS) is 14.9. The zero-order chi connectivity index (χ0) is 15.7. The van der Waals surface area contributed by atoms with E-state index in [4.69, 9.17) is 4.74 Å². The van der Waals surface area contributed by atoms with Gasteiger partial charge in [0.05, 0.1) is 24.8 Å². The summed E-state index contributed by atoms with van der Waals surface area (Å²) in [7, 11) is 1.51. The standard InChI is InChI=1S/C17H15NO4/c1-22-15-9-5-4-8-13(15)14(19)10-18-16(20)11-6-2-3-7-12(11)17(18)21/h2-9,14,19H,10H2,1H3/t14-/m0/s1. The molecule has 0 bridgehead atoms. The van der Waals surface area contributed by atoms with Crippen molar-refractivity contribution in [1.29, 1.82) is 0 Å². The fourth-order valence-electron chi connectivity index (χ4n) is 2.62. The van der Waals surface area contributed by atoms with E-state index in [1.165, 1.54) is 7.11 Å². The van der Waals surface area contributed by atoms with E-state index in [2.05, 4.69) is 0 Å². The van der Waals surface area contributed by atoms with Crippen LogP contribution < -0.4 is 4.74 Å². The molecule has 0 saturated carbocycles. The first kappa shape index (κ1) is 14.3. The Labute approximate surface area is 127 Å². The van der Waals surface area contributed by atoms with Gasteiger partial charge in [0, 0.05) is 5.56 Å². The lowest BCUT2D eigenvalue weighted by molar-refractivity contribution is 0.0540. The Hall–Kier alpha value is -2.66. The Morgan fingerprint density at radius 1 is 1.00 bits per heavy atom. The van der Waals surface area contributed by atoms with Crippen molar-refractivity contribution in [2.75, 3.05) is 13.7 Å². The van der Waals surface area contributed by atoms with Crippen LogP contribution in [-0.4, -0.2) is 35.5 Å². The molecule has 0 fully saturated rings. The quantitative estimate of drug-likeness (QED) is 0.877. The number of nitrogens with zero attached hydrogens (tertiary/aromatic N) is 1. The number of aliphatic hydroxyl groups excluding tert-OH is 1. The summed E-state index contributed by atoms with van der Waals surface area (Å²) in [6.07, 6.45) is -1.00. The largest absolute Gasteiger partial charge is 0.496 e. The molecular formula is C17H15NO4. The van der Waals surface area contributed by atoms with Crippen LogP contribution in [0, 0.1) is 0 Å². The molecular weight excluding hydrogens is 282 g/mol. The zero-order valence-electron chi connectivity index (χ0n) is 12.0. The topological polar surface area (TPSA) is 66.8 Å². The molecule has 0 unspecified atom stereocenters. The van der Waals surface area contributed by atoms with Crippen LogP contribution in [0.15, 0.2) is 48.5 Å². The third kappa shape index (κ3) is 2.25. The molecule has 0 spiro atoms. The molecule has 1 aliphatic heterocycles. The molecule has 2 aromatic carbocycles. The first-order chi connectivity index (χ1) is 10.6. The SMILES string of the molecule is COc1ccccc1[C@@H](O)CN1C(=O)c2ccccc2C1=O. The molecule has 5 heteroatoms. The molecule has 5 nitrogen and oxygen atoms in total. The molecule has 1 N–H and O–H groups in total. The van der Waals surface area contributed by atoms with Gasteiger partial charge in [-0.15, -0.1) is 0 Å². The van der Waals surface area contributed by atoms with Gasteiger partial charge in [-0.2, -0.15) is 0 Å². The van der Waals surface area contributed by atoms with Crippen LogP contribution in [0.25, 0.3) is 0 Å². The van der Waals surface area contributed by atoms with Gasteiger partial charge >= 0.3 is 0 Å². The minimum Gasteiger partial charge on any atom is -0.496 e. The number of fused-ring (bicyclic) bond motifs is 1. The second kappa shape index (κ2) is 5.61. The van der Waals surface area contributed by atoms with Crippen molar-refractivity contribution in [1.82, 2.24) is 4.90 Å². The highest BCUT2D eigenvalue weighted by Gasteiger charge is 2.36. The average Bonchev–Trinajstić information content (AvgIpc) is 2.80. The van der Waals surface area contributed by atoms with Crippen LogP contribution >= 0.6 is 0 Å². The van der Waals surface area contributed by atoms with Crippen molar-refractivity contribution in [2.45, 2.75) is 6.10 Å². The van der Waals surface area contributed by atoms with Gasteiger partial charge < -0.3 is 9.84 Å². The van der Waals surface area contributed by atoms with Gasteiger partial charge in [-0.25, -0.2) is 0 Å². The van der Waals surface area contributed by atoms with Gasteiger partial charge in [-0.05, 0) is 18.2 Å². The number of carbonyl (C=O) groups excluding carboxylic acids is 2. The molecule has 1 aliphatic rings. The summed E-state index contributed by atoms with van der Waals surface area (Å²) in [5.41, 5.74) is 1.29. The van der Waals surface area contributed by atoms with Crippen molar-refractivity contribution in [3.05, 3.63) is 65.2 Å². The molecule has 1 atom stereocenters. The summed E-state index contributed by atoms with van der Waals surface area (Å²) in [6.45, 7) is -0.104. The van der Waals surface area contributed by atoms with Gasteiger partial charge in [0.25, 0.3) is 11.8 Å². The van der Waals surface area contributed by atoms with Gasteiger partial charge in [0.15, 0.2) is 0 Å². The van der Waals surface area contributed by atoms with Crippen LogP contribution in [0.2, 0.25) is 0 Å². The molecule has 2 aromatic rings. The molecule has 0 aliphatic carbocycles. The lowest BCUT2D eigenvalue weighted by Gasteiger charge is -2.20. The van der Waals surface area contributed by atoms with Crippen molar-refractivity contribution >= 4 is 11.8 Å². The summed E-state index contributed by atoms with van der Waals surface area (Å²) in [5, 5.41) is 10.4. The van der Waals surface area contributed by atoms with Crippen molar-refractivity contribution < 1.29 is 19.4 Å². The van der Waals surface area contributed by atoms with Crippen molar-refractivity contribution in [3.8, 4) is 5.75 Å². The molecule has 0 saturated heterocycles. The van der Waals surface area contributed by atoms with Crippen LogP contribution in [0.3, 0.4) is 0 Å².